The van der Waals surface area contributed by atoms with Gasteiger partial charge in [-0.1, -0.05) is 41.7 Å². The second-order valence-corrected chi connectivity index (χ2v) is 11.9. The fraction of sp³-hybridized carbons (Fsp3) is 0.548. The molecule has 6 rings (SSSR count). The summed E-state index contributed by atoms with van der Waals surface area (Å²) < 4.78 is 14.1. The van der Waals surface area contributed by atoms with Gasteiger partial charge in [0.05, 0.1) is 24.1 Å². The minimum Gasteiger partial charge on any atom is -0.460 e. The molecule has 1 aromatic carbocycles. The van der Waals surface area contributed by atoms with E-state index in [0.29, 0.717) is 31.2 Å². The smallest absolute Gasteiger partial charge is 0.313 e. The Balaban J connectivity index is 1.37. The predicted octanol–water partition coefficient (Wildman–Crippen LogP) is 0.929. The van der Waals surface area contributed by atoms with E-state index in [1.165, 1.54) is 0 Å². The monoisotopic (exact) mass is 606 g/mol. The molecule has 2 N–H and O–H groups in total. The van der Waals surface area contributed by atoms with Gasteiger partial charge in [-0.15, -0.1) is 5.10 Å². The highest BCUT2D eigenvalue weighted by Gasteiger charge is 2.71. The van der Waals surface area contributed by atoms with Gasteiger partial charge in [0.15, 0.2) is 0 Å². The molecule has 1 aromatic heterocycles. The highest BCUT2D eigenvalue weighted by atomic mass is 16.6. The molecule has 5 heterocycles. The highest BCUT2D eigenvalue weighted by Crippen LogP contribution is 2.53. The van der Waals surface area contributed by atoms with Crippen molar-refractivity contribution >= 4 is 34.7 Å². The molecule has 13 nitrogen and oxygen atoms in total. The van der Waals surface area contributed by atoms with Crippen LogP contribution in [0.4, 0.5) is 0 Å². The van der Waals surface area contributed by atoms with Gasteiger partial charge < -0.3 is 29.7 Å². The molecule has 2 saturated heterocycles. The van der Waals surface area contributed by atoms with Crippen LogP contribution in [0.15, 0.2) is 48.6 Å². The summed E-state index contributed by atoms with van der Waals surface area (Å²) in [5, 5.41) is 20.5. The first-order chi connectivity index (χ1) is 21.3. The van der Waals surface area contributed by atoms with Gasteiger partial charge in [0, 0.05) is 26.1 Å². The molecule has 0 radical (unpaired) electrons. The second-order valence-electron chi connectivity index (χ2n) is 11.9. The second kappa shape index (κ2) is 12.5. The lowest BCUT2D eigenvalue weighted by atomic mass is 9.78. The molecule has 0 saturated carbocycles. The summed E-state index contributed by atoms with van der Waals surface area (Å²) in [6.45, 7) is 2.51. The van der Waals surface area contributed by atoms with E-state index in [9.17, 15) is 24.3 Å². The number of nitrogens with zero attached hydrogens (tertiary/aromatic N) is 5. The minimum atomic E-state index is -1.40. The molecule has 4 aliphatic heterocycles. The first-order valence-corrected chi connectivity index (χ1v) is 15.3. The number of amides is 3. The number of cyclic esters (lactones) is 1. The number of para-hydroxylation sites is 1. The first-order valence-electron chi connectivity index (χ1n) is 15.3. The summed E-state index contributed by atoms with van der Waals surface area (Å²) in [4.78, 5) is 57.9. The third kappa shape index (κ3) is 5.38. The van der Waals surface area contributed by atoms with E-state index >= 15 is 0 Å². The van der Waals surface area contributed by atoms with Gasteiger partial charge in [0.2, 0.25) is 11.8 Å². The van der Waals surface area contributed by atoms with Crippen molar-refractivity contribution in [3.63, 3.8) is 0 Å². The molecule has 2 fully saturated rings. The van der Waals surface area contributed by atoms with Crippen molar-refractivity contribution in [3.8, 4) is 0 Å². The number of ether oxygens (including phenoxy) is 2. The number of hydrogen-bond donors (Lipinski definition) is 2. The third-order valence-corrected chi connectivity index (χ3v) is 8.90. The SMILES string of the molecule is C[C@H]1CNC(=O)CC/C=C\[C@@H]2O[C@@]34C=CCN(Cn5nnc6ccccc65)C(=O)[C@@H]3N(CCCCCO)C(=O)[C@H]4[C@@H]2C(=O)O1. The molecule has 13 heteroatoms. The molecular weight excluding hydrogens is 568 g/mol. The predicted molar refractivity (Wildman–Crippen MR) is 156 cm³/mol. The number of likely N-dealkylation sites (tertiary alicyclic amines) is 1. The number of carbonyl (C=O) groups is 4. The molecule has 4 aliphatic rings. The summed E-state index contributed by atoms with van der Waals surface area (Å²) in [5.41, 5.74) is 0.0724. The van der Waals surface area contributed by atoms with E-state index in [2.05, 4.69) is 15.6 Å². The van der Waals surface area contributed by atoms with Gasteiger partial charge in [-0.25, -0.2) is 4.68 Å². The number of allylic oxidation sites excluding steroid dienone is 1. The van der Waals surface area contributed by atoms with Crippen molar-refractivity contribution in [2.24, 2.45) is 11.8 Å². The zero-order valence-corrected chi connectivity index (χ0v) is 24.7. The summed E-state index contributed by atoms with van der Waals surface area (Å²) in [5.74, 6) is -3.37. The topological polar surface area (TPSA) is 156 Å². The number of aliphatic hydroxyl groups is 1. The van der Waals surface area contributed by atoms with Crippen LogP contribution in [-0.2, 0) is 35.3 Å². The van der Waals surface area contributed by atoms with Crippen LogP contribution in [0, 0.1) is 11.8 Å². The van der Waals surface area contributed by atoms with Gasteiger partial charge in [-0.05, 0) is 44.7 Å². The molecule has 2 aromatic rings. The summed E-state index contributed by atoms with van der Waals surface area (Å²) in [6, 6.07) is 6.45. The fourth-order valence-corrected chi connectivity index (χ4v) is 6.83. The van der Waals surface area contributed by atoms with Crippen molar-refractivity contribution in [3.05, 3.63) is 48.6 Å². The Labute approximate surface area is 254 Å². The van der Waals surface area contributed by atoms with E-state index in [-0.39, 0.29) is 57.1 Å². The van der Waals surface area contributed by atoms with E-state index in [1.807, 2.05) is 30.3 Å². The Hall–Kier alpha value is -4.10. The number of fused-ring (bicyclic) bond motifs is 3. The van der Waals surface area contributed by atoms with Gasteiger partial charge in [-0.3, -0.25) is 19.2 Å². The number of nitrogens with one attached hydrogen (secondary N) is 1. The Kier molecular flexibility index (Phi) is 8.50. The summed E-state index contributed by atoms with van der Waals surface area (Å²) in [6.07, 6.45) is 8.18. The molecular formula is C31H38N6O7. The van der Waals surface area contributed by atoms with Crippen LogP contribution in [0.25, 0.3) is 11.0 Å². The van der Waals surface area contributed by atoms with Crippen LogP contribution in [0.3, 0.4) is 0 Å². The van der Waals surface area contributed by atoms with Crippen molar-refractivity contribution in [1.29, 1.82) is 0 Å². The maximum absolute atomic E-state index is 14.5. The molecule has 3 amide bonds. The van der Waals surface area contributed by atoms with Crippen molar-refractivity contribution in [1.82, 2.24) is 30.1 Å². The zero-order valence-electron chi connectivity index (χ0n) is 24.7. The van der Waals surface area contributed by atoms with Crippen molar-refractivity contribution in [2.45, 2.75) is 69.5 Å². The molecule has 0 aliphatic carbocycles. The number of aliphatic hydroxyl groups excluding tert-OH is 1. The lowest BCUT2D eigenvalue weighted by molar-refractivity contribution is -0.159. The third-order valence-electron chi connectivity index (χ3n) is 8.90. The molecule has 6 atom stereocenters. The average Bonchev–Trinajstić information content (AvgIpc) is 3.60. The van der Waals surface area contributed by atoms with Crippen LogP contribution in [-0.4, -0.2) is 104 Å². The summed E-state index contributed by atoms with van der Waals surface area (Å²) in [7, 11) is 0. The largest absolute Gasteiger partial charge is 0.460 e. The van der Waals surface area contributed by atoms with Gasteiger partial charge in [0.25, 0.3) is 5.91 Å². The van der Waals surface area contributed by atoms with Gasteiger partial charge >= 0.3 is 5.97 Å². The van der Waals surface area contributed by atoms with Gasteiger partial charge in [-0.2, -0.15) is 0 Å². The first kappa shape index (κ1) is 29.9. The molecule has 0 bridgehead atoms. The lowest BCUT2D eigenvalue weighted by Gasteiger charge is -2.35. The van der Waals surface area contributed by atoms with E-state index in [0.717, 1.165) is 5.52 Å². The number of esters is 1. The zero-order chi connectivity index (χ0) is 30.8. The Morgan fingerprint density at radius 3 is 2.77 bits per heavy atom. The van der Waals surface area contributed by atoms with E-state index < -0.39 is 41.7 Å². The van der Waals surface area contributed by atoms with Gasteiger partial charge in [0.1, 0.15) is 35.9 Å². The van der Waals surface area contributed by atoms with Crippen LogP contribution in [0.5, 0.6) is 0 Å². The molecule has 44 heavy (non-hydrogen) atoms. The van der Waals surface area contributed by atoms with Crippen molar-refractivity contribution in [2.75, 3.05) is 26.2 Å². The van der Waals surface area contributed by atoms with E-state index in [4.69, 9.17) is 9.47 Å². The average molecular weight is 607 g/mol. The quantitative estimate of drug-likeness (QED) is 0.266. The number of rotatable bonds is 7. The fourth-order valence-electron chi connectivity index (χ4n) is 6.83. The molecule has 234 valence electrons. The Morgan fingerprint density at radius 1 is 1.09 bits per heavy atom. The summed E-state index contributed by atoms with van der Waals surface area (Å²) >= 11 is 0. The van der Waals surface area contributed by atoms with Crippen LogP contribution >= 0.6 is 0 Å². The van der Waals surface area contributed by atoms with E-state index in [1.54, 1.807) is 39.6 Å². The molecule has 1 spiro atoms. The normalized spacial score (nSPS) is 31.5. The number of hydrogen-bond acceptors (Lipinski definition) is 9. The number of carbonyl (C=O) groups excluding carboxylic acids is 4. The lowest BCUT2D eigenvalue weighted by Crippen LogP contribution is -2.55. The number of benzene rings is 1. The molecule has 0 unspecified atom stereocenters. The Bertz CT molecular complexity index is 1490. The van der Waals surface area contributed by atoms with Crippen LogP contribution < -0.4 is 5.32 Å². The number of aromatic nitrogens is 3. The highest BCUT2D eigenvalue weighted by molar-refractivity contribution is 5.99. The number of unbranched alkanes of at least 4 members (excludes halogenated alkanes) is 2. The maximum Gasteiger partial charge on any atom is 0.313 e. The minimum absolute atomic E-state index is 0.0366. The standard InChI is InChI=1S/C31H38N6O7/c1-20-18-32-24(39)13-6-5-12-23-25(30(42)43-20)26-28(40)36(16-7-2-8-17-38)27-29(41)35(15-9-14-31(26,27)44-23)19-37-22-11-4-3-10-21(22)33-34-37/h3-5,9-12,14,20,23,25-27,38H,2,6-8,13,15-19H2,1H3,(H,32,39)/b12-5-/t20-,23-,25+,26+,27-,31+/m0/s1. The van der Waals surface area contributed by atoms with Crippen molar-refractivity contribution < 1.29 is 33.8 Å². The van der Waals surface area contributed by atoms with Crippen LogP contribution in [0.1, 0.15) is 39.0 Å². The maximum atomic E-state index is 14.5. The Morgan fingerprint density at radius 2 is 1.93 bits per heavy atom. The van der Waals surface area contributed by atoms with Crippen LogP contribution in [0.2, 0.25) is 0 Å².